The molecule has 8 nitrogen and oxygen atoms in total. The highest BCUT2D eigenvalue weighted by Crippen LogP contribution is 2.19. The fraction of sp³-hybridized carbons (Fsp3) is 0.0455. The molecule has 3 aromatic carbocycles. The molecule has 4 N–H and O–H groups in total. The van der Waals surface area contributed by atoms with E-state index in [1.54, 1.807) is 60.7 Å². The van der Waals surface area contributed by atoms with E-state index in [1.807, 2.05) is 6.07 Å². The Morgan fingerprint density at radius 2 is 1.62 bits per heavy atom. The highest BCUT2D eigenvalue weighted by Gasteiger charge is 2.09. The first-order valence-electron chi connectivity index (χ1n) is 9.46. The third-order valence-electron chi connectivity index (χ3n) is 4.38. The quantitative estimate of drug-likeness (QED) is 0.311. The maximum atomic E-state index is 12.2. The van der Waals surface area contributed by atoms with E-state index in [2.05, 4.69) is 26.1 Å². The maximum absolute atomic E-state index is 12.2. The molecule has 162 valence electrons. The molecule has 0 aliphatic rings. The van der Waals surface area contributed by atoms with Gasteiger partial charge in [-0.25, -0.2) is 15.2 Å². The van der Waals surface area contributed by atoms with Gasteiger partial charge in [0.2, 0.25) is 0 Å². The Labute approximate surface area is 192 Å². The molecule has 0 aliphatic heterocycles. The van der Waals surface area contributed by atoms with E-state index in [0.717, 1.165) is 11.0 Å². The molecule has 0 aliphatic carbocycles. The van der Waals surface area contributed by atoms with Crippen molar-refractivity contribution in [2.24, 2.45) is 0 Å². The SMILES string of the molecule is O=C(NNC(=O)c1ccc(OCc2nc3ccc(Cl)cc3[nH]2)cc1)Nc1ccc(Cl)cc1. The van der Waals surface area contributed by atoms with Crippen LogP contribution in [-0.4, -0.2) is 21.9 Å². The Balaban J connectivity index is 1.27. The zero-order valence-corrected chi connectivity index (χ0v) is 18.0. The summed E-state index contributed by atoms with van der Waals surface area (Å²) in [7, 11) is 0. The molecule has 0 fully saturated rings. The zero-order chi connectivity index (χ0) is 22.5. The van der Waals surface area contributed by atoms with E-state index in [4.69, 9.17) is 27.9 Å². The summed E-state index contributed by atoms with van der Waals surface area (Å²) in [6.07, 6.45) is 0. The summed E-state index contributed by atoms with van der Waals surface area (Å²) in [6, 6.07) is 17.9. The number of H-pyrrole nitrogens is 1. The van der Waals surface area contributed by atoms with Gasteiger partial charge >= 0.3 is 6.03 Å². The van der Waals surface area contributed by atoms with Crippen molar-refractivity contribution in [1.29, 1.82) is 0 Å². The molecule has 4 aromatic rings. The van der Waals surface area contributed by atoms with Crippen molar-refractivity contribution in [2.45, 2.75) is 6.61 Å². The molecule has 10 heteroatoms. The van der Waals surface area contributed by atoms with Crippen molar-refractivity contribution in [3.05, 3.63) is 88.2 Å². The van der Waals surface area contributed by atoms with Crippen LogP contribution in [0.3, 0.4) is 0 Å². The normalized spacial score (nSPS) is 10.6. The summed E-state index contributed by atoms with van der Waals surface area (Å²) in [6.45, 7) is 0.226. The number of hydrogen-bond acceptors (Lipinski definition) is 4. The third kappa shape index (κ3) is 5.48. The van der Waals surface area contributed by atoms with Gasteiger partial charge in [-0.2, -0.15) is 0 Å². The lowest BCUT2D eigenvalue weighted by Crippen LogP contribution is -2.43. The second-order valence-electron chi connectivity index (χ2n) is 6.70. The molecule has 0 saturated carbocycles. The number of benzene rings is 3. The van der Waals surface area contributed by atoms with Crippen LogP contribution < -0.4 is 20.9 Å². The first kappa shape index (κ1) is 21.5. The van der Waals surface area contributed by atoms with Crippen LogP contribution in [0, 0.1) is 0 Å². The monoisotopic (exact) mass is 469 g/mol. The number of fused-ring (bicyclic) bond motifs is 1. The topological polar surface area (TPSA) is 108 Å². The molecule has 0 saturated heterocycles. The van der Waals surface area contributed by atoms with E-state index in [0.29, 0.717) is 32.9 Å². The van der Waals surface area contributed by atoms with E-state index >= 15 is 0 Å². The molecule has 32 heavy (non-hydrogen) atoms. The number of halogens is 2. The number of hydrogen-bond donors (Lipinski definition) is 4. The minimum absolute atomic E-state index is 0.226. The fourth-order valence-corrected chi connectivity index (χ4v) is 3.14. The molecule has 0 radical (unpaired) electrons. The summed E-state index contributed by atoms with van der Waals surface area (Å²) in [5.41, 5.74) is 7.13. The number of carbonyl (C=O) groups is 2. The van der Waals surface area contributed by atoms with Gasteiger partial charge in [-0.05, 0) is 66.7 Å². The smallest absolute Gasteiger partial charge is 0.337 e. The molecular formula is C22H17Cl2N5O3. The van der Waals surface area contributed by atoms with Crippen LogP contribution in [-0.2, 0) is 6.61 Å². The predicted molar refractivity (Wildman–Crippen MR) is 123 cm³/mol. The molecule has 3 amide bonds. The number of urea groups is 1. The molecule has 0 atom stereocenters. The van der Waals surface area contributed by atoms with Crippen LogP contribution in [0.4, 0.5) is 10.5 Å². The lowest BCUT2D eigenvalue weighted by Gasteiger charge is -2.10. The minimum Gasteiger partial charge on any atom is -0.486 e. The molecular weight excluding hydrogens is 453 g/mol. The van der Waals surface area contributed by atoms with Gasteiger partial charge in [0, 0.05) is 21.3 Å². The highest BCUT2D eigenvalue weighted by atomic mass is 35.5. The zero-order valence-electron chi connectivity index (χ0n) is 16.5. The van der Waals surface area contributed by atoms with Crippen molar-refractivity contribution < 1.29 is 14.3 Å². The van der Waals surface area contributed by atoms with Gasteiger partial charge in [-0.1, -0.05) is 23.2 Å². The fourth-order valence-electron chi connectivity index (χ4n) is 2.84. The predicted octanol–water partition coefficient (Wildman–Crippen LogP) is 4.92. The number of aromatic nitrogens is 2. The molecule has 0 bridgehead atoms. The van der Waals surface area contributed by atoms with Crippen molar-refractivity contribution >= 4 is 51.9 Å². The summed E-state index contributed by atoms with van der Waals surface area (Å²) in [5, 5.41) is 3.75. The van der Waals surface area contributed by atoms with Gasteiger partial charge in [0.1, 0.15) is 18.2 Å². The van der Waals surface area contributed by atoms with E-state index in [1.165, 1.54) is 0 Å². The van der Waals surface area contributed by atoms with Crippen molar-refractivity contribution in [3.8, 4) is 5.75 Å². The first-order valence-corrected chi connectivity index (χ1v) is 10.2. The Hall–Kier alpha value is -3.75. The number of hydrazine groups is 1. The second-order valence-corrected chi connectivity index (χ2v) is 7.57. The Morgan fingerprint density at radius 3 is 2.38 bits per heavy atom. The average molecular weight is 470 g/mol. The Kier molecular flexibility index (Phi) is 6.44. The number of nitrogens with zero attached hydrogens (tertiary/aromatic N) is 1. The van der Waals surface area contributed by atoms with Crippen LogP contribution in [0.1, 0.15) is 16.2 Å². The third-order valence-corrected chi connectivity index (χ3v) is 4.86. The van der Waals surface area contributed by atoms with E-state index in [-0.39, 0.29) is 6.61 Å². The van der Waals surface area contributed by atoms with Crippen LogP contribution in [0.15, 0.2) is 66.7 Å². The Bertz CT molecular complexity index is 1260. The van der Waals surface area contributed by atoms with E-state index in [9.17, 15) is 9.59 Å². The second kappa shape index (κ2) is 9.59. The molecule has 4 rings (SSSR count). The lowest BCUT2D eigenvalue weighted by molar-refractivity contribution is 0.0938. The van der Waals surface area contributed by atoms with Crippen LogP contribution in [0.5, 0.6) is 5.75 Å². The number of carbonyl (C=O) groups excluding carboxylic acids is 2. The van der Waals surface area contributed by atoms with Crippen molar-refractivity contribution in [3.63, 3.8) is 0 Å². The number of anilines is 1. The van der Waals surface area contributed by atoms with Gasteiger partial charge in [-0.15, -0.1) is 0 Å². The summed E-state index contributed by atoms with van der Waals surface area (Å²) >= 11 is 11.8. The number of nitrogens with one attached hydrogen (secondary N) is 4. The van der Waals surface area contributed by atoms with Crippen molar-refractivity contribution in [1.82, 2.24) is 20.8 Å². The largest absolute Gasteiger partial charge is 0.486 e. The lowest BCUT2D eigenvalue weighted by atomic mass is 10.2. The number of amides is 3. The molecule has 0 unspecified atom stereocenters. The standard InChI is InChI=1S/C22H17Cl2N5O3/c23-14-3-6-16(7-4-14)25-22(31)29-28-21(30)13-1-8-17(9-2-13)32-12-20-26-18-10-5-15(24)11-19(18)27-20/h1-11H,12H2,(H,26,27)(H,28,30)(H2,25,29,31). The van der Waals surface area contributed by atoms with Gasteiger partial charge < -0.3 is 15.0 Å². The van der Waals surface area contributed by atoms with Crippen LogP contribution in [0.2, 0.25) is 10.0 Å². The molecule has 1 aromatic heterocycles. The maximum Gasteiger partial charge on any atom is 0.337 e. The Morgan fingerprint density at radius 1 is 0.906 bits per heavy atom. The van der Waals surface area contributed by atoms with Crippen LogP contribution in [0.25, 0.3) is 11.0 Å². The highest BCUT2D eigenvalue weighted by molar-refractivity contribution is 6.31. The van der Waals surface area contributed by atoms with E-state index < -0.39 is 11.9 Å². The van der Waals surface area contributed by atoms with Gasteiger partial charge in [0.05, 0.1) is 11.0 Å². The molecule has 0 spiro atoms. The van der Waals surface area contributed by atoms with Gasteiger partial charge in [-0.3, -0.25) is 10.2 Å². The summed E-state index contributed by atoms with van der Waals surface area (Å²) < 4.78 is 5.71. The average Bonchev–Trinajstić information content (AvgIpc) is 3.20. The van der Waals surface area contributed by atoms with Gasteiger partial charge in [0.15, 0.2) is 0 Å². The van der Waals surface area contributed by atoms with Gasteiger partial charge in [0.25, 0.3) is 5.91 Å². The number of ether oxygens (including phenoxy) is 1. The summed E-state index contributed by atoms with van der Waals surface area (Å²) in [5.74, 6) is 0.741. The number of imidazole rings is 1. The molecule has 1 heterocycles. The van der Waals surface area contributed by atoms with Crippen LogP contribution >= 0.6 is 23.2 Å². The minimum atomic E-state index is -0.590. The van der Waals surface area contributed by atoms with Crippen molar-refractivity contribution in [2.75, 3.05) is 5.32 Å². The number of aromatic amines is 1. The first-order chi connectivity index (χ1) is 15.5. The number of rotatable bonds is 5. The summed E-state index contributed by atoms with van der Waals surface area (Å²) in [4.78, 5) is 31.7.